The quantitative estimate of drug-likeness (QED) is 0.402. The first-order valence-corrected chi connectivity index (χ1v) is 11.4. The van der Waals surface area contributed by atoms with Crippen LogP contribution in [0.25, 0.3) is 10.9 Å². The van der Waals surface area contributed by atoms with Gasteiger partial charge in [0.2, 0.25) is 0 Å². The summed E-state index contributed by atoms with van der Waals surface area (Å²) in [4.78, 5) is 8.64. The molecule has 2 N–H and O–H groups in total. The lowest BCUT2D eigenvalue weighted by Crippen LogP contribution is -2.15. The molecule has 33 heavy (non-hydrogen) atoms. The summed E-state index contributed by atoms with van der Waals surface area (Å²) < 4.78 is 26.3. The normalized spacial score (nSPS) is 21.5. The molecule has 1 aliphatic carbocycles. The molecular formula is C23H24Cl3FN4O2. The van der Waals surface area contributed by atoms with Gasteiger partial charge < -0.3 is 20.1 Å². The first-order chi connectivity index (χ1) is 15.5. The van der Waals surface area contributed by atoms with Crippen LogP contribution in [0.3, 0.4) is 0 Å². The smallest absolute Gasteiger partial charge is 0.166 e. The van der Waals surface area contributed by atoms with Gasteiger partial charge in [-0.15, -0.1) is 12.4 Å². The molecule has 0 amide bonds. The van der Waals surface area contributed by atoms with Gasteiger partial charge in [-0.25, -0.2) is 14.4 Å². The summed E-state index contributed by atoms with van der Waals surface area (Å²) in [6.45, 7) is 2.89. The monoisotopic (exact) mass is 512 g/mol. The molecule has 1 saturated carbocycles. The molecule has 2 heterocycles. The van der Waals surface area contributed by atoms with E-state index in [4.69, 9.17) is 32.7 Å². The third-order valence-corrected chi connectivity index (χ3v) is 7.22. The van der Waals surface area contributed by atoms with Gasteiger partial charge in [-0.1, -0.05) is 23.2 Å². The molecule has 6 nitrogen and oxygen atoms in total. The van der Waals surface area contributed by atoms with Crippen molar-refractivity contribution in [3.8, 4) is 11.5 Å². The molecule has 0 radical (unpaired) electrons. The molecule has 0 bridgehead atoms. The highest BCUT2D eigenvalue weighted by atomic mass is 35.5. The van der Waals surface area contributed by atoms with E-state index < -0.39 is 5.82 Å². The minimum absolute atomic E-state index is 0. The standard InChI is InChI=1S/C23H23Cl2FN4O2.ClH/c1-31-19-6-15-18(7-20(19)32-10-12-4-13-8-27-9-14(13)5-12)28-11-29-23(15)30-17-3-2-16(24)21(25)22(17)26;/h2-3,6-7,11-14,27H,4-5,8-10H2,1H3,(H,28,29,30);1H/t12-,13+,14-;. The first kappa shape index (κ1) is 24.1. The van der Waals surface area contributed by atoms with Crippen LogP contribution in [-0.2, 0) is 0 Å². The Hall–Kier alpha value is -2.06. The van der Waals surface area contributed by atoms with E-state index >= 15 is 0 Å². The van der Waals surface area contributed by atoms with E-state index in [9.17, 15) is 4.39 Å². The van der Waals surface area contributed by atoms with Gasteiger partial charge in [0.15, 0.2) is 17.3 Å². The molecule has 5 rings (SSSR count). The summed E-state index contributed by atoms with van der Waals surface area (Å²) in [6.07, 6.45) is 3.81. The van der Waals surface area contributed by atoms with Gasteiger partial charge in [0.1, 0.15) is 12.1 Å². The van der Waals surface area contributed by atoms with Gasteiger partial charge in [-0.2, -0.15) is 0 Å². The summed E-state index contributed by atoms with van der Waals surface area (Å²) in [7, 11) is 1.59. The number of hydrogen-bond acceptors (Lipinski definition) is 6. The zero-order valence-corrected chi connectivity index (χ0v) is 20.2. The van der Waals surface area contributed by atoms with Gasteiger partial charge in [0, 0.05) is 11.5 Å². The molecule has 2 aliphatic rings. The van der Waals surface area contributed by atoms with Crippen molar-refractivity contribution >= 4 is 58.0 Å². The minimum atomic E-state index is -0.644. The van der Waals surface area contributed by atoms with Crippen LogP contribution in [0.15, 0.2) is 30.6 Å². The number of rotatable bonds is 6. The summed E-state index contributed by atoms with van der Waals surface area (Å²) in [6, 6.07) is 6.68. The SMILES string of the molecule is COc1cc2c(Nc3ccc(Cl)c(Cl)c3F)ncnc2cc1OC[C@@H]1C[C@H]2CNC[C@H]2C1.Cl. The van der Waals surface area contributed by atoms with E-state index in [-0.39, 0.29) is 28.1 Å². The van der Waals surface area contributed by atoms with Crippen LogP contribution >= 0.6 is 35.6 Å². The fourth-order valence-electron chi connectivity index (χ4n) is 4.82. The average Bonchev–Trinajstić information content (AvgIpc) is 3.39. The number of fused-ring (bicyclic) bond motifs is 2. The Bertz CT molecular complexity index is 1150. The number of aromatic nitrogens is 2. The number of anilines is 2. The van der Waals surface area contributed by atoms with Gasteiger partial charge in [-0.3, -0.25) is 0 Å². The number of benzene rings is 2. The summed E-state index contributed by atoms with van der Waals surface area (Å²) in [5.41, 5.74) is 0.825. The highest BCUT2D eigenvalue weighted by Crippen LogP contribution is 2.40. The van der Waals surface area contributed by atoms with Crippen molar-refractivity contribution in [2.75, 3.05) is 32.1 Å². The van der Waals surface area contributed by atoms with Crippen molar-refractivity contribution in [3.63, 3.8) is 0 Å². The van der Waals surface area contributed by atoms with Crippen LogP contribution in [0, 0.1) is 23.6 Å². The fourth-order valence-corrected chi connectivity index (χ4v) is 5.13. The van der Waals surface area contributed by atoms with Crippen molar-refractivity contribution in [1.82, 2.24) is 15.3 Å². The van der Waals surface area contributed by atoms with Crippen LogP contribution in [0.5, 0.6) is 11.5 Å². The van der Waals surface area contributed by atoms with E-state index in [2.05, 4.69) is 20.6 Å². The lowest BCUT2D eigenvalue weighted by molar-refractivity contribution is 0.234. The molecular weight excluding hydrogens is 490 g/mol. The third-order valence-electron chi connectivity index (χ3n) is 6.44. The second-order valence-electron chi connectivity index (χ2n) is 8.42. The van der Waals surface area contributed by atoms with Crippen molar-refractivity contribution in [1.29, 1.82) is 0 Å². The zero-order chi connectivity index (χ0) is 22.2. The first-order valence-electron chi connectivity index (χ1n) is 10.6. The predicted octanol–water partition coefficient (Wildman–Crippen LogP) is 5.87. The van der Waals surface area contributed by atoms with Crippen LogP contribution in [0.1, 0.15) is 12.8 Å². The van der Waals surface area contributed by atoms with Gasteiger partial charge in [-0.05, 0) is 61.9 Å². The Morgan fingerprint density at radius 2 is 1.88 bits per heavy atom. The topological polar surface area (TPSA) is 68.3 Å². The maximum absolute atomic E-state index is 14.5. The number of halogens is 4. The third kappa shape index (κ3) is 4.78. The van der Waals surface area contributed by atoms with E-state index in [0.29, 0.717) is 40.7 Å². The van der Waals surface area contributed by atoms with Crippen LogP contribution < -0.4 is 20.1 Å². The second-order valence-corrected chi connectivity index (χ2v) is 9.20. The number of methoxy groups -OCH3 is 1. The minimum Gasteiger partial charge on any atom is -0.493 e. The molecule has 3 atom stereocenters. The molecule has 1 aliphatic heterocycles. The molecule has 176 valence electrons. The van der Waals surface area contributed by atoms with Gasteiger partial charge in [0.25, 0.3) is 0 Å². The average molecular weight is 514 g/mol. The predicted molar refractivity (Wildman–Crippen MR) is 131 cm³/mol. The Kier molecular flexibility index (Phi) is 7.34. The van der Waals surface area contributed by atoms with E-state index in [1.807, 2.05) is 6.07 Å². The van der Waals surface area contributed by atoms with E-state index in [0.717, 1.165) is 24.9 Å². The Labute approximate surface area is 207 Å². The zero-order valence-electron chi connectivity index (χ0n) is 17.9. The lowest BCUT2D eigenvalue weighted by Gasteiger charge is -2.17. The maximum Gasteiger partial charge on any atom is 0.166 e. The molecule has 10 heteroatoms. The molecule has 2 fully saturated rings. The molecule has 3 aromatic rings. The van der Waals surface area contributed by atoms with Crippen molar-refractivity contribution in [2.24, 2.45) is 17.8 Å². The van der Waals surface area contributed by atoms with E-state index in [1.165, 1.54) is 31.3 Å². The number of nitrogens with zero attached hydrogens (tertiary/aromatic N) is 2. The van der Waals surface area contributed by atoms with Crippen LogP contribution in [0.2, 0.25) is 10.0 Å². The van der Waals surface area contributed by atoms with Crippen molar-refractivity contribution < 1.29 is 13.9 Å². The number of nitrogens with one attached hydrogen (secondary N) is 2. The summed E-state index contributed by atoms with van der Waals surface area (Å²) in [5, 5.41) is 7.13. The molecule has 1 saturated heterocycles. The fraction of sp³-hybridized carbons (Fsp3) is 0.391. The Morgan fingerprint density at radius 1 is 1.12 bits per heavy atom. The van der Waals surface area contributed by atoms with E-state index in [1.54, 1.807) is 13.2 Å². The summed E-state index contributed by atoms with van der Waals surface area (Å²) >= 11 is 11.8. The molecule has 2 aromatic carbocycles. The van der Waals surface area contributed by atoms with Crippen molar-refractivity contribution in [3.05, 3.63) is 46.5 Å². The van der Waals surface area contributed by atoms with Gasteiger partial charge >= 0.3 is 0 Å². The maximum atomic E-state index is 14.5. The van der Waals surface area contributed by atoms with Crippen LogP contribution in [0.4, 0.5) is 15.9 Å². The Morgan fingerprint density at radius 3 is 2.61 bits per heavy atom. The summed E-state index contributed by atoms with van der Waals surface area (Å²) in [5.74, 6) is 3.08. The van der Waals surface area contributed by atoms with Gasteiger partial charge in [0.05, 0.1) is 35.0 Å². The lowest BCUT2D eigenvalue weighted by atomic mass is 10.0. The molecule has 1 aromatic heterocycles. The largest absolute Gasteiger partial charge is 0.493 e. The van der Waals surface area contributed by atoms with Crippen molar-refractivity contribution in [2.45, 2.75) is 12.8 Å². The van der Waals surface area contributed by atoms with Crippen LogP contribution in [-0.4, -0.2) is 36.8 Å². The molecule has 0 unspecified atom stereocenters. The Balaban J connectivity index is 0.00000259. The second kappa shape index (κ2) is 10.1. The number of ether oxygens (including phenoxy) is 2. The highest BCUT2D eigenvalue weighted by molar-refractivity contribution is 6.42. The number of hydrogen-bond donors (Lipinski definition) is 2. The highest BCUT2D eigenvalue weighted by Gasteiger charge is 2.37. The molecule has 0 spiro atoms.